The summed E-state index contributed by atoms with van der Waals surface area (Å²) in [5.41, 5.74) is 0.197. The quantitative estimate of drug-likeness (QED) is 0.472. The zero-order chi connectivity index (χ0) is 13.1. The van der Waals surface area contributed by atoms with Crippen LogP contribution in [-0.2, 0) is 14.4 Å². The molecule has 0 fully saturated rings. The van der Waals surface area contributed by atoms with Gasteiger partial charge in [0.2, 0.25) is 0 Å². The maximum atomic E-state index is 10.6. The minimum Gasteiger partial charge on any atom is -0.267 e. The van der Waals surface area contributed by atoms with Crippen molar-refractivity contribution in [2.75, 3.05) is 6.26 Å². The van der Waals surface area contributed by atoms with Crippen LogP contribution in [0.15, 0.2) is 29.4 Å². The molecule has 1 aromatic carbocycles. The van der Waals surface area contributed by atoms with E-state index in [-0.39, 0.29) is 10.9 Å². The molecule has 92 valence electrons. The predicted octanol–water partition coefficient (Wildman–Crippen LogP) is 1.47. The number of halogens is 1. The molecule has 1 aromatic rings. The summed E-state index contributed by atoms with van der Waals surface area (Å²) in [6, 6.07) is 5.09. The standard InChI is InChI=1S/C8H7ClN2O5S/c1-17(14,15)16-10-8(9)6-2-4-7(5-3-6)11(12)13/h2-5H,1H3/b10-8-. The van der Waals surface area contributed by atoms with Crippen molar-refractivity contribution in [1.29, 1.82) is 0 Å². The molecule has 0 aliphatic carbocycles. The normalized spacial score (nSPS) is 12.2. The van der Waals surface area contributed by atoms with Crippen molar-refractivity contribution in [2.24, 2.45) is 5.16 Å². The first-order chi connectivity index (χ1) is 7.79. The molecule has 0 N–H and O–H groups in total. The molecule has 0 radical (unpaired) electrons. The molecular formula is C8H7ClN2O5S. The van der Waals surface area contributed by atoms with Crippen molar-refractivity contribution in [3.05, 3.63) is 39.9 Å². The minimum absolute atomic E-state index is 0.109. The molecule has 1 rings (SSSR count). The predicted molar refractivity (Wildman–Crippen MR) is 61.4 cm³/mol. The lowest BCUT2D eigenvalue weighted by Crippen LogP contribution is -2.00. The topological polar surface area (TPSA) is 98.9 Å². The van der Waals surface area contributed by atoms with Gasteiger partial charge in [0.1, 0.15) is 0 Å². The van der Waals surface area contributed by atoms with E-state index in [0.29, 0.717) is 5.56 Å². The van der Waals surface area contributed by atoms with E-state index in [1.54, 1.807) is 0 Å². The van der Waals surface area contributed by atoms with Crippen LogP contribution in [0.2, 0.25) is 0 Å². The molecule has 9 heteroatoms. The highest BCUT2D eigenvalue weighted by Gasteiger charge is 2.08. The second-order valence-corrected chi connectivity index (χ2v) is 4.88. The van der Waals surface area contributed by atoms with Gasteiger partial charge in [0.25, 0.3) is 5.69 Å². The fourth-order valence-corrected chi connectivity index (χ4v) is 1.29. The Morgan fingerprint density at radius 3 is 2.35 bits per heavy atom. The first-order valence-electron chi connectivity index (χ1n) is 4.16. The van der Waals surface area contributed by atoms with Gasteiger partial charge in [-0.1, -0.05) is 16.8 Å². The molecule has 0 saturated heterocycles. The molecule has 0 amide bonds. The Kier molecular flexibility index (Phi) is 4.02. The highest BCUT2D eigenvalue weighted by molar-refractivity contribution is 7.85. The monoisotopic (exact) mass is 278 g/mol. The van der Waals surface area contributed by atoms with E-state index >= 15 is 0 Å². The maximum Gasteiger partial charge on any atom is 0.325 e. The number of nitrogens with zero attached hydrogens (tertiary/aromatic N) is 2. The van der Waals surface area contributed by atoms with Gasteiger partial charge in [0.15, 0.2) is 5.17 Å². The highest BCUT2D eigenvalue weighted by atomic mass is 35.5. The molecule has 0 unspecified atom stereocenters. The summed E-state index contributed by atoms with van der Waals surface area (Å²) in [5.74, 6) is 0. The lowest BCUT2D eigenvalue weighted by Gasteiger charge is -1.98. The van der Waals surface area contributed by atoms with Crippen LogP contribution in [0.3, 0.4) is 0 Å². The largest absolute Gasteiger partial charge is 0.325 e. The van der Waals surface area contributed by atoms with Crippen molar-refractivity contribution < 1.29 is 17.6 Å². The van der Waals surface area contributed by atoms with Gasteiger partial charge in [-0.25, -0.2) is 0 Å². The van der Waals surface area contributed by atoms with Crippen LogP contribution in [0.4, 0.5) is 5.69 Å². The average molecular weight is 279 g/mol. The SMILES string of the molecule is CS(=O)(=O)O/N=C(\Cl)c1ccc([N+](=O)[O-])cc1. The van der Waals surface area contributed by atoms with E-state index in [1.807, 2.05) is 0 Å². The van der Waals surface area contributed by atoms with Crippen molar-refractivity contribution in [3.8, 4) is 0 Å². The lowest BCUT2D eigenvalue weighted by atomic mass is 10.2. The maximum absolute atomic E-state index is 10.6. The molecule has 0 aliphatic rings. The molecule has 0 saturated carbocycles. The van der Waals surface area contributed by atoms with Crippen molar-refractivity contribution in [2.45, 2.75) is 0 Å². The molecular weight excluding hydrogens is 272 g/mol. The molecule has 0 heterocycles. The number of rotatable bonds is 4. The molecule has 0 aliphatic heterocycles. The molecule has 0 atom stereocenters. The van der Waals surface area contributed by atoms with Gasteiger partial charge in [0, 0.05) is 17.7 Å². The number of hydrogen-bond donors (Lipinski definition) is 0. The number of nitro groups is 1. The fourth-order valence-electron chi connectivity index (χ4n) is 0.874. The van der Waals surface area contributed by atoms with Gasteiger partial charge in [-0.3, -0.25) is 14.4 Å². The van der Waals surface area contributed by atoms with Gasteiger partial charge in [0.05, 0.1) is 11.2 Å². The van der Waals surface area contributed by atoms with Crippen molar-refractivity contribution >= 4 is 32.6 Å². The summed E-state index contributed by atoms with van der Waals surface area (Å²) in [4.78, 5) is 9.81. The van der Waals surface area contributed by atoms with Crippen LogP contribution in [0.5, 0.6) is 0 Å². The zero-order valence-corrected chi connectivity index (χ0v) is 10.1. The van der Waals surface area contributed by atoms with Crippen LogP contribution in [0.25, 0.3) is 0 Å². The first kappa shape index (κ1) is 13.4. The Labute approximate surface area is 102 Å². The average Bonchev–Trinajstić information content (AvgIpc) is 2.25. The van der Waals surface area contributed by atoms with E-state index in [2.05, 4.69) is 9.44 Å². The van der Waals surface area contributed by atoms with Crippen LogP contribution in [0.1, 0.15) is 5.56 Å². The number of hydrogen-bond acceptors (Lipinski definition) is 6. The van der Waals surface area contributed by atoms with Gasteiger partial charge in [-0.05, 0) is 12.1 Å². The van der Waals surface area contributed by atoms with E-state index in [1.165, 1.54) is 24.3 Å². The van der Waals surface area contributed by atoms with E-state index in [4.69, 9.17) is 11.6 Å². The molecule has 7 nitrogen and oxygen atoms in total. The number of nitro benzene ring substituents is 1. The molecule has 0 aromatic heterocycles. The highest BCUT2D eigenvalue weighted by Crippen LogP contribution is 2.14. The van der Waals surface area contributed by atoms with Crippen LogP contribution in [-0.4, -0.2) is 24.8 Å². The van der Waals surface area contributed by atoms with Gasteiger partial charge >= 0.3 is 10.1 Å². The Morgan fingerprint density at radius 1 is 1.41 bits per heavy atom. The fraction of sp³-hybridized carbons (Fsp3) is 0.125. The van der Waals surface area contributed by atoms with Crippen molar-refractivity contribution in [1.82, 2.24) is 0 Å². The second-order valence-electron chi connectivity index (χ2n) is 2.96. The molecule has 17 heavy (non-hydrogen) atoms. The zero-order valence-electron chi connectivity index (χ0n) is 8.53. The number of oxime groups is 1. The second kappa shape index (κ2) is 5.11. The smallest absolute Gasteiger partial charge is 0.267 e. The van der Waals surface area contributed by atoms with E-state index in [0.717, 1.165) is 6.26 Å². The van der Waals surface area contributed by atoms with Gasteiger partial charge < -0.3 is 0 Å². The first-order valence-corrected chi connectivity index (χ1v) is 6.36. The van der Waals surface area contributed by atoms with Crippen LogP contribution < -0.4 is 0 Å². The number of benzene rings is 1. The lowest BCUT2D eigenvalue weighted by molar-refractivity contribution is -0.384. The number of non-ortho nitro benzene ring substituents is 1. The third kappa shape index (κ3) is 4.37. The summed E-state index contributed by atoms with van der Waals surface area (Å²) in [7, 11) is -3.73. The van der Waals surface area contributed by atoms with Crippen LogP contribution >= 0.6 is 11.6 Å². The Bertz CT molecular complexity index is 552. The summed E-state index contributed by atoms with van der Waals surface area (Å²) in [6.07, 6.45) is 0.816. The summed E-state index contributed by atoms with van der Waals surface area (Å²) < 4.78 is 25.4. The Hall–Kier alpha value is -1.67. The van der Waals surface area contributed by atoms with Gasteiger partial charge in [-0.2, -0.15) is 8.42 Å². The van der Waals surface area contributed by atoms with Crippen molar-refractivity contribution in [3.63, 3.8) is 0 Å². The summed E-state index contributed by atoms with van der Waals surface area (Å²) >= 11 is 5.63. The van der Waals surface area contributed by atoms with E-state index < -0.39 is 15.0 Å². The van der Waals surface area contributed by atoms with Crippen LogP contribution in [0, 0.1) is 10.1 Å². The van der Waals surface area contributed by atoms with Gasteiger partial charge in [-0.15, -0.1) is 0 Å². The molecule has 0 bridgehead atoms. The third-order valence-corrected chi connectivity index (χ3v) is 2.20. The Morgan fingerprint density at radius 2 is 1.94 bits per heavy atom. The third-order valence-electron chi connectivity index (χ3n) is 1.57. The molecule has 0 spiro atoms. The Balaban J connectivity index is 2.90. The van der Waals surface area contributed by atoms with E-state index in [9.17, 15) is 18.5 Å². The summed E-state index contributed by atoms with van der Waals surface area (Å²) in [5, 5.41) is 13.3. The minimum atomic E-state index is -3.73. The summed E-state index contributed by atoms with van der Waals surface area (Å²) in [6.45, 7) is 0.